The topological polar surface area (TPSA) is 62.5 Å². The molecule has 0 fully saturated rings. The Morgan fingerprint density at radius 1 is 1.35 bits per heavy atom. The summed E-state index contributed by atoms with van der Waals surface area (Å²) < 4.78 is 29.9. The Balaban J connectivity index is 2.11. The molecule has 0 aliphatic rings. The summed E-state index contributed by atoms with van der Waals surface area (Å²) in [6, 6.07) is 7.93. The van der Waals surface area contributed by atoms with Gasteiger partial charge in [0.1, 0.15) is 11.3 Å². The number of alkyl halides is 2. The predicted octanol–water partition coefficient (Wildman–Crippen LogP) is 3.90. The molecule has 0 saturated carbocycles. The number of hydrogen-bond donors (Lipinski definition) is 2. The molecule has 2 N–H and O–H groups in total. The zero-order valence-corrected chi connectivity index (χ0v) is 11.0. The van der Waals surface area contributed by atoms with E-state index in [1.807, 2.05) is 0 Å². The number of halogens is 2. The number of carbonyl (C=O) groups is 1. The fourth-order valence-electron chi connectivity index (χ4n) is 1.66. The van der Waals surface area contributed by atoms with E-state index in [9.17, 15) is 13.6 Å². The Bertz CT molecular complexity index is 601. The van der Waals surface area contributed by atoms with Crippen LogP contribution < -0.4 is 5.32 Å². The van der Waals surface area contributed by atoms with Gasteiger partial charge in [-0.25, -0.2) is 4.79 Å². The van der Waals surface area contributed by atoms with Gasteiger partial charge in [-0.15, -0.1) is 0 Å². The smallest absolute Gasteiger partial charge is 0.339 e. The van der Waals surface area contributed by atoms with Gasteiger partial charge >= 0.3 is 5.97 Å². The Morgan fingerprint density at radius 3 is 2.80 bits per heavy atom. The SMILES string of the molecule is O=C(O)c1ccoc1CNc1ccccc1SC(F)F. The van der Waals surface area contributed by atoms with Crippen molar-refractivity contribution in [2.75, 3.05) is 5.32 Å². The quantitative estimate of drug-likeness (QED) is 0.792. The third kappa shape index (κ3) is 3.51. The lowest BCUT2D eigenvalue weighted by Crippen LogP contribution is -2.05. The van der Waals surface area contributed by atoms with Gasteiger partial charge in [0.25, 0.3) is 5.76 Å². The zero-order chi connectivity index (χ0) is 14.5. The molecule has 2 rings (SSSR count). The second-order valence-corrected chi connectivity index (χ2v) is 4.82. The number of carboxylic acid groups (broad SMARTS) is 1. The van der Waals surface area contributed by atoms with Crippen molar-refractivity contribution in [3.8, 4) is 0 Å². The van der Waals surface area contributed by atoms with Gasteiger partial charge in [0.05, 0.1) is 12.8 Å². The van der Waals surface area contributed by atoms with Gasteiger partial charge in [0.15, 0.2) is 0 Å². The minimum atomic E-state index is -2.52. The molecule has 0 radical (unpaired) electrons. The molecule has 1 heterocycles. The lowest BCUT2D eigenvalue weighted by molar-refractivity contribution is 0.0694. The second-order valence-electron chi connectivity index (χ2n) is 3.79. The van der Waals surface area contributed by atoms with Crippen LogP contribution in [0.4, 0.5) is 14.5 Å². The fourth-order valence-corrected chi connectivity index (χ4v) is 2.27. The van der Waals surface area contributed by atoms with Crippen molar-refractivity contribution < 1.29 is 23.1 Å². The van der Waals surface area contributed by atoms with E-state index < -0.39 is 11.7 Å². The van der Waals surface area contributed by atoms with E-state index in [2.05, 4.69) is 5.32 Å². The van der Waals surface area contributed by atoms with Crippen LogP contribution in [-0.2, 0) is 6.54 Å². The third-order valence-corrected chi connectivity index (χ3v) is 3.31. The zero-order valence-electron chi connectivity index (χ0n) is 10.2. The summed E-state index contributed by atoms with van der Waals surface area (Å²) in [5.41, 5.74) is 0.557. The maximum absolute atomic E-state index is 12.4. The molecule has 0 unspecified atom stereocenters. The number of thioether (sulfide) groups is 1. The normalized spacial score (nSPS) is 10.8. The van der Waals surface area contributed by atoms with Gasteiger partial charge in [-0.05, 0) is 18.2 Å². The van der Waals surface area contributed by atoms with Crippen molar-refractivity contribution in [2.24, 2.45) is 0 Å². The van der Waals surface area contributed by atoms with Crippen LogP contribution in [0.25, 0.3) is 0 Å². The van der Waals surface area contributed by atoms with Crippen molar-refractivity contribution in [2.45, 2.75) is 17.2 Å². The van der Waals surface area contributed by atoms with Crippen LogP contribution >= 0.6 is 11.8 Å². The molecule has 0 spiro atoms. The number of para-hydroxylation sites is 1. The highest BCUT2D eigenvalue weighted by Crippen LogP contribution is 2.32. The lowest BCUT2D eigenvalue weighted by Gasteiger charge is -2.10. The van der Waals surface area contributed by atoms with Gasteiger partial charge in [0.2, 0.25) is 0 Å². The number of carboxylic acids is 1. The van der Waals surface area contributed by atoms with Crippen molar-refractivity contribution in [1.82, 2.24) is 0 Å². The van der Waals surface area contributed by atoms with Crippen molar-refractivity contribution >= 4 is 23.4 Å². The molecule has 1 aromatic carbocycles. The molecule has 0 aliphatic carbocycles. The minimum Gasteiger partial charge on any atom is -0.478 e. The summed E-state index contributed by atoms with van der Waals surface area (Å²) >= 11 is 0.430. The molecule has 0 amide bonds. The number of nitrogens with one attached hydrogen (secondary N) is 1. The van der Waals surface area contributed by atoms with Gasteiger partial charge < -0.3 is 14.8 Å². The van der Waals surface area contributed by atoms with E-state index in [-0.39, 0.29) is 17.9 Å². The second kappa shape index (κ2) is 6.42. The predicted molar refractivity (Wildman–Crippen MR) is 71.3 cm³/mol. The molecule has 0 saturated heterocycles. The summed E-state index contributed by atoms with van der Waals surface area (Å²) in [5, 5.41) is 11.8. The highest BCUT2D eigenvalue weighted by molar-refractivity contribution is 7.99. The Hall–Kier alpha value is -2.02. The lowest BCUT2D eigenvalue weighted by atomic mass is 10.2. The van der Waals surface area contributed by atoms with Crippen molar-refractivity contribution in [3.63, 3.8) is 0 Å². The van der Waals surface area contributed by atoms with Crippen molar-refractivity contribution in [3.05, 3.63) is 47.9 Å². The first-order valence-electron chi connectivity index (χ1n) is 5.65. The Labute approximate surface area is 117 Å². The molecule has 106 valence electrons. The Kier molecular flexibility index (Phi) is 4.62. The van der Waals surface area contributed by atoms with Crippen LogP contribution in [0.1, 0.15) is 16.1 Å². The van der Waals surface area contributed by atoms with E-state index in [4.69, 9.17) is 9.52 Å². The van der Waals surface area contributed by atoms with Gasteiger partial charge in [-0.3, -0.25) is 0 Å². The first kappa shape index (κ1) is 14.4. The largest absolute Gasteiger partial charge is 0.478 e. The standard InChI is InChI=1S/C13H11F2NO3S/c14-13(15)20-11-4-2-1-3-9(11)16-7-10-8(12(17)18)5-6-19-10/h1-6,13,16H,7H2,(H,17,18). The van der Waals surface area contributed by atoms with E-state index in [1.54, 1.807) is 24.3 Å². The summed E-state index contributed by atoms with van der Waals surface area (Å²) in [7, 11) is 0. The summed E-state index contributed by atoms with van der Waals surface area (Å²) in [5.74, 6) is -3.36. The fraction of sp³-hybridized carbons (Fsp3) is 0.154. The third-order valence-electron chi connectivity index (χ3n) is 2.52. The van der Waals surface area contributed by atoms with Crippen LogP contribution in [0.15, 0.2) is 45.9 Å². The molecule has 0 aliphatic heterocycles. The molecule has 4 nitrogen and oxygen atoms in total. The maximum atomic E-state index is 12.4. The van der Waals surface area contributed by atoms with Crippen LogP contribution in [0.3, 0.4) is 0 Å². The average molecular weight is 299 g/mol. The highest BCUT2D eigenvalue weighted by atomic mass is 32.2. The first-order chi connectivity index (χ1) is 9.58. The average Bonchev–Trinajstić information content (AvgIpc) is 2.85. The van der Waals surface area contributed by atoms with E-state index in [0.717, 1.165) is 0 Å². The highest BCUT2D eigenvalue weighted by Gasteiger charge is 2.14. The van der Waals surface area contributed by atoms with Gasteiger partial charge in [-0.1, -0.05) is 23.9 Å². The monoisotopic (exact) mass is 299 g/mol. The summed E-state index contributed by atoms with van der Waals surface area (Å²) in [6.45, 7) is 0.107. The molecular formula is C13H11F2NO3S. The Morgan fingerprint density at radius 2 is 2.10 bits per heavy atom. The number of furan rings is 1. The van der Waals surface area contributed by atoms with Crippen LogP contribution in [0, 0.1) is 0 Å². The number of rotatable bonds is 6. The number of anilines is 1. The number of aromatic carboxylic acids is 1. The first-order valence-corrected chi connectivity index (χ1v) is 6.53. The number of hydrogen-bond acceptors (Lipinski definition) is 4. The summed E-state index contributed by atoms with van der Waals surface area (Å²) in [6.07, 6.45) is 1.28. The molecule has 0 bridgehead atoms. The maximum Gasteiger partial charge on any atom is 0.339 e. The molecule has 1 aromatic heterocycles. The van der Waals surface area contributed by atoms with E-state index in [0.29, 0.717) is 22.3 Å². The minimum absolute atomic E-state index is 0.0523. The van der Waals surface area contributed by atoms with Gasteiger partial charge in [0, 0.05) is 10.6 Å². The molecule has 20 heavy (non-hydrogen) atoms. The van der Waals surface area contributed by atoms with Crippen LogP contribution in [-0.4, -0.2) is 16.8 Å². The van der Waals surface area contributed by atoms with E-state index >= 15 is 0 Å². The van der Waals surface area contributed by atoms with Gasteiger partial charge in [-0.2, -0.15) is 8.78 Å². The number of benzene rings is 1. The van der Waals surface area contributed by atoms with Crippen molar-refractivity contribution in [1.29, 1.82) is 0 Å². The molecule has 7 heteroatoms. The van der Waals surface area contributed by atoms with Crippen LogP contribution in [0.2, 0.25) is 0 Å². The van der Waals surface area contributed by atoms with E-state index in [1.165, 1.54) is 12.3 Å². The summed E-state index contributed by atoms with van der Waals surface area (Å²) in [4.78, 5) is 11.3. The van der Waals surface area contributed by atoms with Crippen LogP contribution in [0.5, 0.6) is 0 Å². The molecule has 0 atom stereocenters. The molecular weight excluding hydrogens is 288 g/mol. The molecule has 2 aromatic rings.